The van der Waals surface area contributed by atoms with Gasteiger partial charge in [-0.1, -0.05) is 18.6 Å². The molecule has 3 aromatic rings. The minimum Gasteiger partial charge on any atom is -0.492 e. The molecule has 1 aliphatic heterocycles. The van der Waals surface area contributed by atoms with E-state index in [1.54, 1.807) is 30.3 Å². The number of carbonyl (C=O) groups excluding carboxylic acids is 1. The van der Waals surface area contributed by atoms with Gasteiger partial charge < -0.3 is 10.1 Å². The Labute approximate surface area is 198 Å². The molecule has 0 unspecified atom stereocenters. The van der Waals surface area contributed by atoms with Gasteiger partial charge in [-0.25, -0.2) is 18.2 Å². The molecule has 0 bridgehead atoms. The highest BCUT2D eigenvalue weighted by Crippen LogP contribution is 2.27. The maximum absolute atomic E-state index is 13.2. The maximum atomic E-state index is 13.2. The SMILES string of the molecule is CCOc1ccccc1NC(=O)Cn1c(=O)ncc2cc(S(=O)(=O)N3CCCC[C@@H]3C)ccc21. The highest BCUT2D eigenvalue weighted by atomic mass is 32.2. The molecule has 0 spiro atoms. The number of para-hydroxylation sites is 2. The number of benzene rings is 2. The third-order valence-corrected chi connectivity index (χ3v) is 7.96. The number of aromatic nitrogens is 2. The number of hydrogen-bond acceptors (Lipinski definition) is 6. The summed E-state index contributed by atoms with van der Waals surface area (Å²) in [7, 11) is -3.67. The van der Waals surface area contributed by atoms with Crippen molar-refractivity contribution >= 4 is 32.5 Å². The van der Waals surface area contributed by atoms with Crippen molar-refractivity contribution in [3.63, 3.8) is 0 Å². The van der Waals surface area contributed by atoms with E-state index in [-0.39, 0.29) is 17.5 Å². The lowest BCUT2D eigenvalue weighted by molar-refractivity contribution is -0.116. The molecule has 1 amide bonds. The summed E-state index contributed by atoms with van der Waals surface area (Å²) in [5, 5.41) is 3.23. The summed E-state index contributed by atoms with van der Waals surface area (Å²) in [6.07, 6.45) is 4.02. The summed E-state index contributed by atoms with van der Waals surface area (Å²) in [5.41, 5.74) is 0.333. The molecule has 1 N–H and O–H groups in total. The first-order valence-electron chi connectivity index (χ1n) is 11.3. The van der Waals surface area contributed by atoms with Crippen LogP contribution < -0.4 is 15.7 Å². The summed E-state index contributed by atoms with van der Waals surface area (Å²) in [6, 6.07) is 11.5. The standard InChI is InChI=1S/C24H28N4O5S/c1-3-33-22-10-5-4-9-20(22)26-23(29)16-27-21-12-11-19(14-18(21)15-25-24(27)30)34(31,32)28-13-7-6-8-17(28)2/h4-5,9-12,14-15,17H,3,6-8,13,16H2,1-2H3,(H,26,29)/t17-/m0/s1. The molecule has 1 aromatic heterocycles. The van der Waals surface area contributed by atoms with E-state index in [1.165, 1.54) is 27.2 Å². The third kappa shape index (κ3) is 4.83. The maximum Gasteiger partial charge on any atom is 0.348 e. The molecule has 1 fully saturated rings. The van der Waals surface area contributed by atoms with Crippen LogP contribution in [-0.2, 0) is 21.4 Å². The molecule has 0 radical (unpaired) electrons. The molecule has 180 valence electrons. The smallest absolute Gasteiger partial charge is 0.348 e. The van der Waals surface area contributed by atoms with Gasteiger partial charge in [0, 0.05) is 24.2 Å². The first kappa shape index (κ1) is 23.9. The number of ether oxygens (including phenoxy) is 1. The number of fused-ring (bicyclic) bond motifs is 1. The van der Waals surface area contributed by atoms with Crippen molar-refractivity contribution in [1.29, 1.82) is 0 Å². The third-order valence-electron chi connectivity index (χ3n) is 5.95. The molecule has 2 heterocycles. The van der Waals surface area contributed by atoms with Crippen LogP contribution in [0, 0.1) is 0 Å². The van der Waals surface area contributed by atoms with Gasteiger partial charge in [-0.3, -0.25) is 9.36 Å². The second-order valence-corrected chi connectivity index (χ2v) is 10.2. The zero-order valence-corrected chi connectivity index (χ0v) is 20.0. The average molecular weight is 485 g/mol. The number of carbonyl (C=O) groups is 1. The molecular formula is C24H28N4O5S. The van der Waals surface area contributed by atoms with Gasteiger partial charge in [0.15, 0.2) is 0 Å². The Morgan fingerprint density at radius 2 is 2.00 bits per heavy atom. The van der Waals surface area contributed by atoms with Crippen LogP contribution in [0.2, 0.25) is 0 Å². The van der Waals surface area contributed by atoms with E-state index in [2.05, 4.69) is 10.3 Å². The fourth-order valence-electron chi connectivity index (χ4n) is 4.24. The molecule has 1 atom stereocenters. The first-order valence-corrected chi connectivity index (χ1v) is 12.8. The van der Waals surface area contributed by atoms with Crippen LogP contribution >= 0.6 is 0 Å². The lowest BCUT2D eigenvalue weighted by Gasteiger charge is -2.32. The second kappa shape index (κ2) is 9.94. The Bertz CT molecular complexity index is 1370. The molecule has 0 aliphatic carbocycles. The van der Waals surface area contributed by atoms with Crippen LogP contribution in [0.15, 0.2) is 58.4 Å². The number of nitrogens with zero attached hydrogens (tertiary/aromatic N) is 3. The topological polar surface area (TPSA) is 111 Å². The summed E-state index contributed by atoms with van der Waals surface area (Å²) in [5.74, 6) is 0.103. The Kier molecular flexibility index (Phi) is 6.99. The highest BCUT2D eigenvalue weighted by Gasteiger charge is 2.31. The predicted molar refractivity (Wildman–Crippen MR) is 129 cm³/mol. The lowest BCUT2D eigenvalue weighted by atomic mass is 10.1. The van der Waals surface area contributed by atoms with Gasteiger partial charge in [-0.05, 0) is 57.0 Å². The summed E-state index contributed by atoms with van der Waals surface area (Å²) in [4.78, 5) is 29.2. The van der Waals surface area contributed by atoms with E-state index in [9.17, 15) is 18.0 Å². The Balaban J connectivity index is 1.62. The number of amides is 1. The van der Waals surface area contributed by atoms with Crippen molar-refractivity contribution in [1.82, 2.24) is 13.9 Å². The Hall–Kier alpha value is -3.24. The summed E-state index contributed by atoms with van der Waals surface area (Å²) in [6.45, 7) is 4.42. The van der Waals surface area contributed by atoms with Crippen molar-refractivity contribution in [2.24, 2.45) is 0 Å². The van der Waals surface area contributed by atoms with E-state index in [0.29, 0.717) is 35.5 Å². The van der Waals surface area contributed by atoms with Crippen LogP contribution in [0.4, 0.5) is 5.69 Å². The number of hydrogen-bond donors (Lipinski definition) is 1. The van der Waals surface area contributed by atoms with Gasteiger partial charge in [0.05, 0.1) is 22.7 Å². The molecule has 1 aliphatic rings. The Morgan fingerprint density at radius 1 is 1.21 bits per heavy atom. The second-order valence-electron chi connectivity index (χ2n) is 8.29. The van der Waals surface area contributed by atoms with E-state index in [1.807, 2.05) is 13.8 Å². The quantitative estimate of drug-likeness (QED) is 0.552. The fourth-order valence-corrected chi connectivity index (χ4v) is 5.98. The minimum atomic E-state index is -3.67. The molecule has 9 nitrogen and oxygen atoms in total. The van der Waals surface area contributed by atoms with Gasteiger partial charge in [0.2, 0.25) is 15.9 Å². The van der Waals surface area contributed by atoms with E-state index in [4.69, 9.17) is 4.74 Å². The van der Waals surface area contributed by atoms with Crippen LogP contribution in [0.1, 0.15) is 33.1 Å². The van der Waals surface area contributed by atoms with Gasteiger partial charge in [-0.15, -0.1) is 0 Å². The summed E-state index contributed by atoms with van der Waals surface area (Å²) < 4.78 is 34.7. The lowest BCUT2D eigenvalue weighted by Crippen LogP contribution is -2.41. The van der Waals surface area contributed by atoms with Gasteiger partial charge >= 0.3 is 5.69 Å². The predicted octanol–water partition coefficient (Wildman–Crippen LogP) is 3.00. The molecule has 4 rings (SSSR count). The highest BCUT2D eigenvalue weighted by molar-refractivity contribution is 7.89. The van der Waals surface area contributed by atoms with Crippen molar-refractivity contribution < 1.29 is 17.9 Å². The van der Waals surface area contributed by atoms with Gasteiger partial charge in [0.1, 0.15) is 12.3 Å². The molecule has 2 aromatic carbocycles. The Morgan fingerprint density at radius 3 is 2.76 bits per heavy atom. The molecule has 10 heteroatoms. The molecular weight excluding hydrogens is 456 g/mol. The van der Waals surface area contributed by atoms with E-state index < -0.39 is 21.6 Å². The number of sulfonamides is 1. The van der Waals surface area contributed by atoms with Crippen molar-refractivity contribution in [3.05, 3.63) is 59.1 Å². The van der Waals surface area contributed by atoms with Crippen LogP contribution in [-0.4, -0.2) is 47.4 Å². The van der Waals surface area contributed by atoms with Crippen molar-refractivity contribution in [2.75, 3.05) is 18.5 Å². The zero-order chi connectivity index (χ0) is 24.3. The van der Waals surface area contributed by atoms with E-state index in [0.717, 1.165) is 19.3 Å². The van der Waals surface area contributed by atoms with E-state index >= 15 is 0 Å². The molecule has 1 saturated heterocycles. The largest absolute Gasteiger partial charge is 0.492 e. The van der Waals surface area contributed by atoms with Crippen LogP contribution in [0.3, 0.4) is 0 Å². The first-order chi connectivity index (χ1) is 16.3. The number of piperidine rings is 1. The zero-order valence-electron chi connectivity index (χ0n) is 19.2. The van der Waals surface area contributed by atoms with Gasteiger partial charge in [-0.2, -0.15) is 4.31 Å². The minimum absolute atomic E-state index is 0.0650. The fraction of sp³-hybridized carbons (Fsp3) is 0.375. The van der Waals surface area contributed by atoms with Crippen LogP contribution in [0.5, 0.6) is 5.75 Å². The monoisotopic (exact) mass is 484 g/mol. The molecule has 34 heavy (non-hydrogen) atoms. The average Bonchev–Trinajstić information content (AvgIpc) is 2.82. The van der Waals surface area contributed by atoms with Crippen LogP contribution in [0.25, 0.3) is 10.9 Å². The number of nitrogens with one attached hydrogen (secondary N) is 1. The van der Waals surface area contributed by atoms with Crippen molar-refractivity contribution in [2.45, 2.75) is 50.6 Å². The molecule has 0 saturated carbocycles. The van der Waals surface area contributed by atoms with Crippen molar-refractivity contribution in [3.8, 4) is 5.75 Å². The normalized spacial score (nSPS) is 16.9. The summed E-state index contributed by atoms with van der Waals surface area (Å²) >= 11 is 0. The number of rotatable bonds is 7. The van der Waals surface area contributed by atoms with Gasteiger partial charge in [0.25, 0.3) is 0 Å². The number of anilines is 1.